The molecule has 3 aromatic rings. The normalized spacial score (nSPS) is 18.9. The van der Waals surface area contributed by atoms with Crippen LogP contribution in [0.15, 0.2) is 12.3 Å². The standard InChI is InChI=1S/C19H26N8/c1-13-16-9-14(10-21-19(16)25(2)24-13)12-26-6-3-15(4-7-26)18-23-22-17-11-20-5-8-27(17)18/h9-10,15,20H,3-8,11-12H2,1-2H3. The zero-order valence-electron chi connectivity index (χ0n) is 16.0. The molecule has 0 spiro atoms. The van der Waals surface area contributed by atoms with E-state index in [1.807, 2.05) is 24.9 Å². The number of rotatable bonds is 3. The summed E-state index contributed by atoms with van der Waals surface area (Å²) in [5.41, 5.74) is 3.27. The average molecular weight is 366 g/mol. The minimum atomic E-state index is 0.529. The molecule has 8 nitrogen and oxygen atoms in total. The molecule has 1 N–H and O–H groups in total. The third-order valence-corrected chi connectivity index (χ3v) is 5.93. The third-order valence-electron chi connectivity index (χ3n) is 5.93. The molecule has 5 heterocycles. The van der Waals surface area contributed by atoms with Crippen molar-refractivity contribution in [3.8, 4) is 0 Å². The molecule has 0 unspecified atom stereocenters. The topological polar surface area (TPSA) is 76.7 Å². The first-order valence-corrected chi connectivity index (χ1v) is 9.82. The van der Waals surface area contributed by atoms with Gasteiger partial charge in [0, 0.05) is 44.2 Å². The largest absolute Gasteiger partial charge is 0.312 e. The fourth-order valence-electron chi connectivity index (χ4n) is 4.46. The summed E-state index contributed by atoms with van der Waals surface area (Å²) in [5.74, 6) is 2.81. The fraction of sp³-hybridized carbons (Fsp3) is 0.579. The van der Waals surface area contributed by atoms with Gasteiger partial charge in [0.05, 0.1) is 12.2 Å². The van der Waals surface area contributed by atoms with E-state index in [2.05, 4.69) is 41.1 Å². The second kappa shape index (κ2) is 6.69. The van der Waals surface area contributed by atoms with E-state index in [9.17, 15) is 0 Å². The number of fused-ring (bicyclic) bond motifs is 2. The van der Waals surface area contributed by atoms with Gasteiger partial charge in [-0.15, -0.1) is 10.2 Å². The summed E-state index contributed by atoms with van der Waals surface area (Å²) in [6, 6.07) is 2.25. The van der Waals surface area contributed by atoms with Crippen LogP contribution in [0.25, 0.3) is 11.0 Å². The van der Waals surface area contributed by atoms with Gasteiger partial charge in [0.2, 0.25) is 0 Å². The molecule has 0 aliphatic carbocycles. The fourth-order valence-corrected chi connectivity index (χ4v) is 4.46. The Kier molecular flexibility index (Phi) is 4.17. The number of likely N-dealkylation sites (tertiary alicyclic amines) is 1. The Labute approximate surface area is 158 Å². The van der Waals surface area contributed by atoms with Gasteiger partial charge in [-0.05, 0) is 44.5 Å². The quantitative estimate of drug-likeness (QED) is 0.754. The lowest BCUT2D eigenvalue weighted by Gasteiger charge is -2.32. The minimum Gasteiger partial charge on any atom is -0.312 e. The van der Waals surface area contributed by atoms with E-state index in [-0.39, 0.29) is 0 Å². The number of aryl methyl sites for hydroxylation is 2. The molecule has 0 atom stereocenters. The van der Waals surface area contributed by atoms with E-state index in [4.69, 9.17) is 0 Å². The Morgan fingerprint density at radius 1 is 1.19 bits per heavy atom. The van der Waals surface area contributed by atoms with Crippen molar-refractivity contribution in [3.63, 3.8) is 0 Å². The molecule has 0 amide bonds. The molecule has 8 heteroatoms. The molecule has 2 aliphatic rings. The highest BCUT2D eigenvalue weighted by Crippen LogP contribution is 2.28. The molecule has 0 radical (unpaired) electrons. The van der Waals surface area contributed by atoms with Crippen LogP contribution in [0.5, 0.6) is 0 Å². The third kappa shape index (κ3) is 3.02. The Morgan fingerprint density at radius 3 is 2.89 bits per heavy atom. The van der Waals surface area contributed by atoms with Crippen LogP contribution >= 0.6 is 0 Å². The molecule has 27 heavy (non-hydrogen) atoms. The molecular formula is C19H26N8. The first-order chi connectivity index (χ1) is 13.2. The van der Waals surface area contributed by atoms with Crippen molar-refractivity contribution < 1.29 is 0 Å². The van der Waals surface area contributed by atoms with Gasteiger partial charge in [-0.1, -0.05) is 0 Å². The van der Waals surface area contributed by atoms with Crippen LogP contribution in [0, 0.1) is 6.92 Å². The lowest BCUT2D eigenvalue weighted by atomic mass is 9.95. The molecule has 0 saturated carbocycles. The Bertz CT molecular complexity index is 964. The summed E-state index contributed by atoms with van der Waals surface area (Å²) in [4.78, 5) is 7.14. The van der Waals surface area contributed by atoms with Crippen LogP contribution in [-0.2, 0) is 26.7 Å². The summed E-state index contributed by atoms with van der Waals surface area (Å²) in [6.45, 7) is 8.04. The predicted octanol–water partition coefficient (Wildman–Crippen LogP) is 1.35. The van der Waals surface area contributed by atoms with E-state index in [0.717, 1.165) is 74.7 Å². The van der Waals surface area contributed by atoms with Crippen molar-refractivity contribution in [3.05, 3.63) is 35.2 Å². The Balaban J connectivity index is 1.26. The molecular weight excluding hydrogens is 340 g/mol. The SMILES string of the molecule is Cc1nn(C)c2ncc(CN3CCC(c4nnc5n4CCNC5)CC3)cc12. The van der Waals surface area contributed by atoms with Crippen LogP contribution in [0.4, 0.5) is 0 Å². The number of hydrogen-bond acceptors (Lipinski definition) is 6. The van der Waals surface area contributed by atoms with E-state index in [0.29, 0.717) is 5.92 Å². The maximum Gasteiger partial charge on any atom is 0.157 e. The van der Waals surface area contributed by atoms with Gasteiger partial charge in [0.1, 0.15) is 11.6 Å². The van der Waals surface area contributed by atoms with E-state index in [1.165, 1.54) is 11.4 Å². The summed E-state index contributed by atoms with van der Waals surface area (Å²) in [6.07, 6.45) is 4.29. The van der Waals surface area contributed by atoms with Crippen molar-refractivity contribution in [1.82, 2.24) is 39.7 Å². The number of nitrogens with one attached hydrogen (secondary N) is 1. The van der Waals surface area contributed by atoms with Crippen molar-refractivity contribution in [2.24, 2.45) is 7.05 Å². The molecule has 5 rings (SSSR count). The van der Waals surface area contributed by atoms with Crippen LogP contribution in [0.3, 0.4) is 0 Å². The van der Waals surface area contributed by atoms with Crippen LogP contribution < -0.4 is 5.32 Å². The maximum absolute atomic E-state index is 4.62. The summed E-state index contributed by atoms with van der Waals surface area (Å²) < 4.78 is 4.19. The number of nitrogens with zero attached hydrogens (tertiary/aromatic N) is 7. The number of pyridine rings is 1. The van der Waals surface area contributed by atoms with Gasteiger partial charge in [0.25, 0.3) is 0 Å². The van der Waals surface area contributed by atoms with E-state index < -0.39 is 0 Å². The Hall–Kier alpha value is -2.32. The molecule has 142 valence electrons. The lowest BCUT2D eigenvalue weighted by Crippen LogP contribution is -2.34. The van der Waals surface area contributed by atoms with Gasteiger partial charge in [0.15, 0.2) is 5.65 Å². The Morgan fingerprint density at radius 2 is 2.04 bits per heavy atom. The van der Waals surface area contributed by atoms with Crippen molar-refractivity contribution in [2.75, 3.05) is 19.6 Å². The molecule has 3 aromatic heterocycles. The maximum atomic E-state index is 4.62. The number of piperidine rings is 1. The molecule has 2 aliphatic heterocycles. The smallest absolute Gasteiger partial charge is 0.157 e. The molecule has 1 fully saturated rings. The highest BCUT2D eigenvalue weighted by molar-refractivity contribution is 5.78. The van der Waals surface area contributed by atoms with Gasteiger partial charge in [-0.3, -0.25) is 9.58 Å². The van der Waals surface area contributed by atoms with Crippen molar-refractivity contribution in [1.29, 1.82) is 0 Å². The zero-order chi connectivity index (χ0) is 18.4. The van der Waals surface area contributed by atoms with Crippen LogP contribution in [-0.4, -0.2) is 54.1 Å². The summed E-state index contributed by atoms with van der Waals surface area (Å²) >= 11 is 0. The van der Waals surface area contributed by atoms with Crippen molar-refractivity contribution in [2.45, 2.75) is 45.3 Å². The van der Waals surface area contributed by atoms with Gasteiger partial charge < -0.3 is 9.88 Å². The minimum absolute atomic E-state index is 0.529. The lowest BCUT2D eigenvalue weighted by molar-refractivity contribution is 0.199. The van der Waals surface area contributed by atoms with Crippen LogP contribution in [0.2, 0.25) is 0 Å². The van der Waals surface area contributed by atoms with E-state index >= 15 is 0 Å². The molecule has 0 bridgehead atoms. The first kappa shape index (κ1) is 16.8. The van der Waals surface area contributed by atoms with Gasteiger partial charge in [-0.2, -0.15) is 5.10 Å². The van der Waals surface area contributed by atoms with Gasteiger partial charge >= 0.3 is 0 Å². The summed E-state index contributed by atoms with van der Waals surface area (Å²) in [7, 11) is 1.95. The highest BCUT2D eigenvalue weighted by Gasteiger charge is 2.27. The predicted molar refractivity (Wildman–Crippen MR) is 102 cm³/mol. The number of hydrogen-bond donors (Lipinski definition) is 1. The van der Waals surface area contributed by atoms with Crippen molar-refractivity contribution >= 4 is 11.0 Å². The number of aromatic nitrogens is 6. The molecule has 0 aromatic carbocycles. The second-order valence-corrected chi connectivity index (χ2v) is 7.78. The van der Waals surface area contributed by atoms with Crippen LogP contribution in [0.1, 0.15) is 41.7 Å². The summed E-state index contributed by atoms with van der Waals surface area (Å²) in [5, 5.41) is 17.9. The average Bonchev–Trinajstić information content (AvgIpc) is 3.24. The van der Waals surface area contributed by atoms with E-state index in [1.54, 1.807) is 0 Å². The van der Waals surface area contributed by atoms with Gasteiger partial charge in [-0.25, -0.2) is 4.98 Å². The molecule has 1 saturated heterocycles. The zero-order valence-corrected chi connectivity index (χ0v) is 16.0. The monoisotopic (exact) mass is 366 g/mol. The first-order valence-electron chi connectivity index (χ1n) is 9.82. The second-order valence-electron chi connectivity index (χ2n) is 7.78. The highest BCUT2D eigenvalue weighted by atomic mass is 15.3.